The molecule has 3 heteroatoms. The van der Waals surface area contributed by atoms with Gasteiger partial charge in [-0.2, -0.15) is 0 Å². The van der Waals surface area contributed by atoms with Crippen LogP contribution < -0.4 is 0 Å². The summed E-state index contributed by atoms with van der Waals surface area (Å²) < 4.78 is 0. The number of hydrogen-bond donors (Lipinski definition) is 1. The maximum atomic E-state index is 11.8. The van der Waals surface area contributed by atoms with Gasteiger partial charge in [-0.1, -0.05) is 33.6 Å². The monoisotopic (exact) mass is 214 g/mol. The molecule has 0 rings (SSSR count). The molecule has 0 aromatic rings. The second kappa shape index (κ2) is 6.59. The third kappa shape index (κ3) is 4.96. The molecular formula is C12H22O3. The normalized spacial score (nSPS) is 14.6. The quantitative estimate of drug-likeness (QED) is 0.675. The van der Waals surface area contributed by atoms with Crippen LogP contribution in [0, 0.1) is 5.41 Å². The van der Waals surface area contributed by atoms with Gasteiger partial charge in [0.2, 0.25) is 0 Å². The molecule has 0 fully saturated rings. The number of hydrogen-bond acceptors (Lipinski definition) is 2. The number of carboxylic acids is 1. The smallest absolute Gasteiger partial charge is 0.303 e. The van der Waals surface area contributed by atoms with Crippen molar-refractivity contribution in [2.75, 3.05) is 0 Å². The first-order chi connectivity index (χ1) is 6.96. The van der Waals surface area contributed by atoms with E-state index in [9.17, 15) is 9.59 Å². The molecule has 1 unspecified atom stereocenters. The highest BCUT2D eigenvalue weighted by molar-refractivity contribution is 5.87. The Hall–Kier alpha value is -0.860. The zero-order valence-electron chi connectivity index (χ0n) is 10.0. The minimum atomic E-state index is -0.891. The van der Waals surface area contributed by atoms with Crippen molar-refractivity contribution in [2.24, 2.45) is 5.41 Å². The van der Waals surface area contributed by atoms with E-state index < -0.39 is 5.97 Å². The lowest BCUT2D eigenvalue weighted by molar-refractivity contribution is -0.140. The van der Waals surface area contributed by atoms with Gasteiger partial charge in [0.15, 0.2) is 0 Å². The summed E-state index contributed by atoms with van der Waals surface area (Å²) in [7, 11) is 0. The summed E-state index contributed by atoms with van der Waals surface area (Å²) in [6, 6.07) is 0. The first-order valence-corrected chi connectivity index (χ1v) is 5.71. The molecular weight excluding hydrogens is 192 g/mol. The molecule has 0 bridgehead atoms. The number of rotatable bonds is 8. The minimum absolute atomic E-state index is 0.0411. The fourth-order valence-corrected chi connectivity index (χ4v) is 1.60. The van der Waals surface area contributed by atoms with Crippen molar-refractivity contribution < 1.29 is 14.7 Å². The molecule has 0 aromatic carbocycles. The Morgan fingerprint density at radius 3 is 2.20 bits per heavy atom. The van der Waals surface area contributed by atoms with E-state index in [1.54, 1.807) is 0 Å². The lowest BCUT2D eigenvalue weighted by Gasteiger charge is -2.26. The number of aliphatic carboxylic acids is 1. The molecule has 1 N–H and O–H groups in total. The molecule has 15 heavy (non-hydrogen) atoms. The number of carboxylic acid groups (broad SMARTS) is 1. The number of unbranched alkanes of at least 4 members (excludes halogenated alkanes) is 1. The van der Waals surface area contributed by atoms with Crippen LogP contribution in [0.3, 0.4) is 0 Å². The Balaban J connectivity index is 4.24. The number of Topliss-reactive ketones (excluding diaryl/α,β-unsaturated/α-hetero) is 1. The molecule has 1 atom stereocenters. The third-order valence-electron chi connectivity index (χ3n) is 3.10. The van der Waals surface area contributed by atoms with E-state index in [0.29, 0.717) is 0 Å². The summed E-state index contributed by atoms with van der Waals surface area (Å²) in [6.07, 6.45) is 3.90. The van der Waals surface area contributed by atoms with Crippen molar-refractivity contribution in [1.82, 2.24) is 0 Å². The predicted octanol–water partition coefficient (Wildman–Crippen LogP) is 3.03. The maximum absolute atomic E-state index is 11.8. The molecule has 88 valence electrons. The zero-order chi connectivity index (χ0) is 11.9. The van der Waals surface area contributed by atoms with Gasteiger partial charge in [-0.25, -0.2) is 0 Å². The summed E-state index contributed by atoms with van der Waals surface area (Å²) in [4.78, 5) is 22.2. The minimum Gasteiger partial charge on any atom is -0.481 e. The van der Waals surface area contributed by atoms with Gasteiger partial charge in [0.05, 0.1) is 6.42 Å². The van der Waals surface area contributed by atoms with E-state index in [4.69, 9.17) is 5.11 Å². The highest BCUT2D eigenvalue weighted by Crippen LogP contribution is 2.30. The second-order valence-electron chi connectivity index (χ2n) is 4.33. The standard InChI is InChI=1S/C12H22O3/c1-4-6-9-12(3,5-2)10(13)7-8-11(14)15/h4-9H2,1-3H3,(H,14,15). The molecule has 0 heterocycles. The van der Waals surface area contributed by atoms with Crippen molar-refractivity contribution in [2.45, 2.75) is 59.3 Å². The molecule has 0 amide bonds. The Bertz CT molecular complexity index is 223. The topological polar surface area (TPSA) is 54.4 Å². The predicted molar refractivity (Wildman–Crippen MR) is 59.8 cm³/mol. The molecule has 0 aliphatic rings. The molecule has 0 aromatic heterocycles. The van der Waals surface area contributed by atoms with Crippen molar-refractivity contribution >= 4 is 11.8 Å². The first-order valence-electron chi connectivity index (χ1n) is 5.71. The van der Waals surface area contributed by atoms with E-state index in [1.165, 1.54) is 0 Å². The SMILES string of the molecule is CCCCC(C)(CC)C(=O)CCC(=O)O. The largest absolute Gasteiger partial charge is 0.481 e. The first kappa shape index (κ1) is 14.1. The van der Waals surface area contributed by atoms with Gasteiger partial charge >= 0.3 is 5.97 Å². The van der Waals surface area contributed by atoms with Crippen LogP contribution >= 0.6 is 0 Å². The van der Waals surface area contributed by atoms with E-state index in [0.717, 1.165) is 25.7 Å². The lowest BCUT2D eigenvalue weighted by atomic mass is 9.77. The molecule has 0 saturated heterocycles. The van der Waals surface area contributed by atoms with Gasteiger partial charge in [0, 0.05) is 11.8 Å². The third-order valence-corrected chi connectivity index (χ3v) is 3.10. The van der Waals surface area contributed by atoms with Gasteiger partial charge < -0.3 is 5.11 Å². The van der Waals surface area contributed by atoms with Crippen LogP contribution in [0.5, 0.6) is 0 Å². The van der Waals surface area contributed by atoms with Crippen LogP contribution in [-0.4, -0.2) is 16.9 Å². The van der Waals surface area contributed by atoms with Crippen LogP contribution in [0.2, 0.25) is 0 Å². The average Bonchev–Trinajstić information content (AvgIpc) is 2.22. The van der Waals surface area contributed by atoms with Gasteiger partial charge in [-0.05, 0) is 12.8 Å². The van der Waals surface area contributed by atoms with E-state index in [-0.39, 0.29) is 24.0 Å². The van der Waals surface area contributed by atoms with Crippen LogP contribution in [0.25, 0.3) is 0 Å². The zero-order valence-corrected chi connectivity index (χ0v) is 10.0. The highest BCUT2D eigenvalue weighted by Gasteiger charge is 2.29. The summed E-state index contributed by atoms with van der Waals surface area (Å²) in [6.45, 7) is 6.04. The summed E-state index contributed by atoms with van der Waals surface area (Å²) in [5.74, 6) is -0.793. The van der Waals surface area contributed by atoms with Gasteiger partial charge in [-0.15, -0.1) is 0 Å². The van der Waals surface area contributed by atoms with E-state index in [1.807, 2.05) is 13.8 Å². The molecule has 0 saturated carbocycles. The Kier molecular flexibility index (Phi) is 6.21. The second-order valence-corrected chi connectivity index (χ2v) is 4.33. The molecule has 0 radical (unpaired) electrons. The fraction of sp³-hybridized carbons (Fsp3) is 0.833. The summed E-state index contributed by atoms with van der Waals surface area (Å²) in [5.41, 5.74) is -0.314. The van der Waals surface area contributed by atoms with Crippen molar-refractivity contribution in [3.8, 4) is 0 Å². The summed E-state index contributed by atoms with van der Waals surface area (Å²) in [5, 5.41) is 8.52. The fourth-order valence-electron chi connectivity index (χ4n) is 1.60. The van der Waals surface area contributed by atoms with E-state index in [2.05, 4.69) is 6.92 Å². The molecule has 0 aliphatic carbocycles. The van der Waals surface area contributed by atoms with Gasteiger partial charge in [0.25, 0.3) is 0 Å². The Morgan fingerprint density at radius 1 is 1.20 bits per heavy atom. The van der Waals surface area contributed by atoms with Crippen LogP contribution in [0.4, 0.5) is 0 Å². The Morgan fingerprint density at radius 2 is 1.80 bits per heavy atom. The number of carbonyl (C=O) groups is 2. The van der Waals surface area contributed by atoms with Gasteiger partial charge in [-0.3, -0.25) is 9.59 Å². The highest BCUT2D eigenvalue weighted by atomic mass is 16.4. The van der Waals surface area contributed by atoms with Crippen molar-refractivity contribution in [3.63, 3.8) is 0 Å². The Labute approximate surface area is 91.9 Å². The van der Waals surface area contributed by atoms with Crippen molar-refractivity contribution in [3.05, 3.63) is 0 Å². The van der Waals surface area contributed by atoms with Crippen LogP contribution in [0.15, 0.2) is 0 Å². The summed E-state index contributed by atoms with van der Waals surface area (Å²) >= 11 is 0. The maximum Gasteiger partial charge on any atom is 0.303 e. The number of ketones is 1. The average molecular weight is 214 g/mol. The van der Waals surface area contributed by atoms with Crippen LogP contribution in [-0.2, 0) is 9.59 Å². The molecule has 0 spiro atoms. The van der Waals surface area contributed by atoms with E-state index >= 15 is 0 Å². The van der Waals surface area contributed by atoms with Gasteiger partial charge in [0.1, 0.15) is 5.78 Å². The molecule has 3 nitrogen and oxygen atoms in total. The van der Waals surface area contributed by atoms with Crippen LogP contribution in [0.1, 0.15) is 59.3 Å². The van der Waals surface area contributed by atoms with Crippen molar-refractivity contribution in [1.29, 1.82) is 0 Å². The molecule has 0 aliphatic heterocycles. The number of carbonyl (C=O) groups excluding carboxylic acids is 1. The lowest BCUT2D eigenvalue weighted by Crippen LogP contribution is -2.27.